The molecule has 1 aliphatic carbocycles. The first-order chi connectivity index (χ1) is 8.52. The fourth-order valence-electron chi connectivity index (χ4n) is 2.57. The van der Waals surface area contributed by atoms with Crippen LogP contribution in [-0.4, -0.2) is 11.7 Å². The minimum Gasteiger partial charge on any atom is -0.506 e. The van der Waals surface area contributed by atoms with Crippen LogP contribution in [0.2, 0.25) is 10.0 Å². The van der Waals surface area contributed by atoms with Gasteiger partial charge in [0.1, 0.15) is 10.8 Å². The van der Waals surface area contributed by atoms with Crippen LogP contribution in [0.4, 0.5) is 5.69 Å². The SMILES string of the molecule is CC1(CNc2ccc(O)c(Cl)c2Cl)CCCCC1. The Kier molecular flexibility index (Phi) is 4.29. The molecule has 18 heavy (non-hydrogen) atoms. The summed E-state index contributed by atoms with van der Waals surface area (Å²) in [6, 6.07) is 3.34. The third-order valence-electron chi connectivity index (χ3n) is 3.83. The summed E-state index contributed by atoms with van der Waals surface area (Å²) >= 11 is 12.0. The quantitative estimate of drug-likeness (QED) is 0.760. The number of phenols is 1. The smallest absolute Gasteiger partial charge is 0.135 e. The molecular weight excluding hydrogens is 269 g/mol. The van der Waals surface area contributed by atoms with Crippen molar-refractivity contribution in [3.63, 3.8) is 0 Å². The molecule has 1 fully saturated rings. The number of halogens is 2. The van der Waals surface area contributed by atoms with E-state index in [1.807, 2.05) is 0 Å². The van der Waals surface area contributed by atoms with Gasteiger partial charge in [0.2, 0.25) is 0 Å². The summed E-state index contributed by atoms with van der Waals surface area (Å²) < 4.78 is 0. The molecule has 0 unspecified atom stereocenters. The highest BCUT2D eigenvalue weighted by atomic mass is 35.5. The molecule has 1 aliphatic rings. The molecule has 2 N–H and O–H groups in total. The molecule has 1 aromatic carbocycles. The maximum Gasteiger partial charge on any atom is 0.135 e. The van der Waals surface area contributed by atoms with Gasteiger partial charge in [-0.2, -0.15) is 0 Å². The van der Waals surface area contributed by atoms with Gasteiger partial charge in [-0.1, -0.05) is 49.4 Å². The Morgan fingerprint density at radius 3 is 2.50 bits per heavy atom. The van der Waals surface area contributed by atoms with Crippen molar-refractivity contribution in [2.45, 2.75) is 39.0 Å². The second-order valence-electron chi connectivity index (χ2n) is 5.49. The van der Waals surface area contributed by atoms with Crippen LogP contribution in [0.1, 0.15) is 39.0 Å². The highest BCUT2D eigenvalue weighted by molar-refractivity contribution is 6.44. The summed E-state index contributed by atoms with van der Waals surface area (Å²) in [6.07, 6.45) is 6.47. The molecule has 0 aliphatic heterocycles. The third-order valence-corrected chi connectivity index (χ3v) is 4.70. The van der Waals surface area contributed by atoms with E-state index in [0.717, 1.165) is 12.2 Å². The van der Waals surface area contributed by atoms with Crippen molar-refractivity contribution < 1.29 is 5.11 Å². The van der Waals surface area contributed by atoms with Crippen LogP contribution in [0.5, 0.6) is 5.75 Å². The highest BCUT2D eigenvalue weighted by Crippen LogP contribution is 2.39. The van der Waals surface area contributed by atoms with Crippen LogP contribution in [0.3, 0.4) is 0 Å². The molecular formula is C14H19Cl2NO. The number of phenolic OH excluding ortho intramolecular Hbond substituents is 1. The Hall–Kier alpha value is -0.600. The molecule has 0 spiro atoms. The number of hydrogen-bond donors (Lipinski definition) is 2. The van der Waals surface area contributed by atoms with E-state index < -0.39 is 0 Å². The van der Waals surface area contributed by atoms with E-state index in [0.29, 0.717) is 10.4 Å². The lowest BCUT2D eigenvalue weighted by Gasteiger charge is -2.34. The van der Waals surface area contributed by atoms with E-state index >= 15 is 0 Å². The van der Waals surface area contributed by atoms with Crippen molar-refractivity contribution in [2.75, 3.05) is 11.9 Å². The zero-order chi connectivity index (χ0) is 13.2. The monoisotopic (exact) mass is 287 g/mol. The van der Waals surface area contributed by atoms with Crippen molar-refractivity contribution in [3.05, 3.63) is 22.2 Å². The van der Waals surface area contributed by atoms with E-state index in [1.54, 1.807) is 12.1 Å². The Balaban J connectivity index is 2.04. The summed E-state index contributed by atoms with van der Waals surface area (Å²) in [7, 11) is 0. The minimum atomic E-state index is 0.0242. The molecule has 0 atom stereocenters. The zero-order valence-corrected chi connectivity index (χ0v) is 12.1. The number of hydrogen-bond acceptors (Lipinski definition) is 2. The number of nitrogens with one attached hydrogen (secondary N) is 1. The molecule has 0 aromatic heterocycles. The average molecular weight is 288 g/mol. The van der Waals surface area contributed by atoms with Crippen molar-refractivity contribution in [3.8, 4) is 5.75 Å². The molecule has 4 heteroatoms. The van der Waals surface area contributed by atoms with Crippen molar-refractivity contribution in [1.82, 2.24) is 0 Å². The standard InChI is InChI=1S/C14H19Cl2NO/c1-14(7-3-2-4-8-14)9-17-10-5-6-11(18)13(16)12(10)15/h5-6,17-18H,2-4,7-9H2,1H3. The number of benzene rings is 1. The second-order valence-corrected chi connectivity index (χ2v) is 6.24. The molecule has 0 heterocycles. The normalized spacial score (nSPS) is 18.6. The molecule has 0 bridgehead atoms. The molecule has 1 saturated carbocycles. The highest BCUT2D eigenvalue weighted by Gasteiger charge is 2.26. The lowest BCUT2D eigenvalue weighted by molar-refractivity contribution is 0.233. The maximum absolute atomic E-state index is 9.45. The largest absolute Gasteiger partial charge is 0.506 e. The van der Waals surface area contributed by atoms with E-state index in [-0.39, 0.29) is 10.8 Å². The third kappa shape index (κ3) is 3.04. The maximum atomic E-state index is 9.45. The molecule has 0 amide bonds. The molecule has 2 nitrogen and oxygen atoms in total. The summed E-state index contributed by atoms with van der Waals surface area (Å²) in [5.41, 5.74) is 1.14. The Morgan fingerprint density at radius 2 is 1.83 bits per heavy atom. The van der Waals surface area contributed by atoms with E-state index in [1.165, 1.54) is 32.1 Å². The number of rotatable bonds is 3. The van der Waals surface area contributed by atoms with Crippen LogP contribution in [0, 0.1) is 5.41 Å². The van der Waals surface area contributed by atoms with E-state index in [4.69, 9.17) is 23.2 Å². The van der Waals surface area contributed by atoms with Gasteiger partial charge in [0.25, 0.3) is 0 Å². The molecule has 0 saturated heterocycles. The van der Waals surface area contributed by atoms with Crippen LogP contribution in [-0.2, 0) is 0 Å². The van der Waals surface area contributed by atoms with Gasteiger partial charge in [-0.3, -0.25) is 0 Å². The van der Waals surface area contributed by atoms with Gasteiger partial charge < -0.3 is 10.4 Å². The first-order valence-electron chi connectivity index (χ1n) is 6.43. The van der Waals surface area contributed by atoms with Crippen LogP contribution in [0.25, 0.3) is 0 Å². The lowest BCUT2D eigenvalue weighted by Crippen LogP contribution is -2.28. The fourth-order valence-corrected chi connectivity index (χ4v) is 2.96. The van der Waals surface area contributed by atoms with E-state index in [9.17, 15) is 5.11 Å². The summed E-state index contributed by atoms with van der Waals surface area (Å²) in [4.78, 5) is 0. The van der Waals surface area contributed by atoms with Gasteiger partial charge >= 0.3 is 0 Å². The van der Waals surface area contributed by atoms with Crippen LogP contribution in [0.15, 0.2) is 12.1 Å². The molecule has 2 rings (SSSR count). The predicted octanol–water partition coefficient (Wildman–Crippen LogP) is 5.08. The van der Waals surface area contributed by atoms with Gasteiger partial charge in [-0.15, -0.1) is 0 Å². The van der Waals surface area contributed by atoms with Crippen molar-refractivity contribution in [2.24, 2.45) is 5.41 Å². The first kappa shape index (κ1) is 13.8. The minimum absolute atomic E-state index is 0.0242. The van der Waals surface area contributed by atoms with Gasteiger partial charge in [0.05, 0.1) is 10.7 Å². The number of aromatic hydroxyl groups is 1. The summed E-state index contributed by atoms with van der Waals surface area (Å²) in [5.74, 6) is 0.0242. The molecule has 0 radical (unpaired) electrons. The topological polar surface area (TPSA) is 32.3 Å². The van der Waals surface area contributed by atoms with Crippen LogP contribution >= 0.6 is 23.2 Å². The van der Waals surface area contributed by atoms with Crippen molar-refractivity contribution >= 4 is 28.9 Å². The average Bonchev–Trinajstić information content (AvgIpc) is 2.36. The Morgan fingerprint density at radius 1 is 1.17 bits per heavy atom. The summed E-state index contributed by atoms with van der Waals surface area (Å²) in [6.45, 7) is 3.21. The second kappa shape index (κ2) is 5.58. The van der Waals surface area contributed by atoms with Gasteiger partial charge in [-0.25, -0.2) is 0 Å². The van der Waals surface area contributed by atoms with E-state index in [2.05, 4.69) is 12.2 Å². The molecule has 100 valence electrons. The number of anilines is 1. The van der Waals surface area contributed by atoms with Gasteiger partial charge in [0, 0.05) is 6.54 Å². The van der Waals surface area contributed by atoms with Crippen LogP contribution < -0.4 is 5.32 Å². The fraction of sp³-hybridized carbons (Fsp3) is 0.571. The summed E-state index contributed by atoms with van der Waals surface area (Å²) in [5, 5.41) is 13.4. The van der Waals surface area contributed by atoms with Crippen molar-refractivity contribution in [1.29, 1.82) is 0 Å². The Labute approximate surface area is 118 Å². The predicted molar refractivity (Wildman–Crippen MR) is 77.8 cm³/mol. The van der Waals surface area contributed by atoms with Gasteiger partial charge in [0.15, 0.2) is 0 Å². The van der Waals surface area contributed by atoms with Gasteiger partial charge in [-0.05, 0) is 30.4 Å². The molecule has 1 aromatic rings. The first-order valence-corrected chi connectivity index (χ1v) is 7.18. The Bertz CT molecular complexity index is 428. The lowest BCUT2D eigenvalue weighted by atomic mass is 9.76. The zero-order valence-electron chi connectivity index (χ0n) is 10.6.